The van der Waals surface area contributed by atoms with E-state index in [1.807, 2.05) is 12.1 Å². The van der Waals surface area contributed by atoms with Crippen molar-refractivity contribution >= 4 is 23.5 Å². The fourth-order valence-electron chi connectivity index (χ4n) is 3.15. The Morgan fingerprint density at radius 3 is 2.20 bits per heavy atom. The van der Waals surface area contributed by atoms with Crippen molar-refractivity contribution in [1.82, 2.24) is 15.0 Å². The maximum atomic E-state index is 12.7. The van der Waals surface area contributed by atoms with Crippen LogP contribution in [0.3, 0.4) is 0 Å². The van der Waals surface area contributed by atoms with E-state index < -0.39 is 30.4 Å². The Morgan fingerprint density at radius 2 is 1.60 bits per heavy atom. The summed E-state index contributed by atoms with van der Waals surface area (Å²) in [6, 6.07) is 13.3. The number of esters is 1. The molecule has 3 rings (SSSR count). The van der Waals surface area contributed by atoms with Gasteiger partial charge in [0.2, 0.25) is 5.95 Å². The molecular formula is C28H30ClF3N4O4. The molecule has 0 spiro atoms. The molecule has 3 aromatic rings. The maximum absolute atomic E-state index is 12.7. The molecule has 40 heavy (non-hydrogen) atoms. The van der Waals surface area contributed by atoms with Gasteiger partial charge in [-0.15, -0.1) is 11.6 Å². The molecule has 12 heteroatoms. The highest BCUT2D eigenvalue weighted by molar-refractivity contribution is 6.19. The van der Waals surface area contributed by atoms with Crippen molar-refractivity contribution in [3.8, 4) is 11.8 Å². The average Bonchev–Trinajstić information content (AvgIpc) is 2.89. The maximum Gasteiger partial charge on any atom is 0.422 e. The van der Waals surface area contributed by atoms with Crippen LogP contribution in [-0.2, 0) is 17.7 Å². The van der Waals surface area contributed by atoms with Crippen LogP contribution in [0.15, 0.2) is 60.7 Å². The standard InChI is InChI=1S/C28H30ClF3N4O4/c1-18(14-29)16-38-22-11-7-20(8-12-22)15-33-25-34-23(35-26(36-25)39-17-28(30,31)32)13-19-5-9-21(10-6-19)24(37)40-27(2,3)4/h5-12H,1,13-17H2,2-4H3,(H,33,34,35,36). The summed E-state index contributed by atoms with van der Waals surface area (Å²) in [4.78, 5) is 24.6. The predicted molar refractivity (Wildman–Crippen MR) is 145 cm³/mol. The summed E-state index contributed by atoms with van der Waals surface area (Å²) in [6.07, 6.45) is -4.40. The van der Waals surface area contributed by atoms with E-state index >= 15 is 0 Å². The molecule has 0 atom stereocenters. The molecule has 2 aromatic carbocycles. The zero-order chi connectivity index (χ0) is 29.3. The smallest absolute Gasteiger partial charge is 0.422 e. The fraction of sp³-hybridized carbons (Fsp3) is 0.357. The summed E-state index contributed by atoms with van der Waals surface area (Å²) in [5.74, 6) is 0.711. The van der Waals surface area contributed by atoms with Gasteiger partial charge in [-0.2, -0.15) is 28.1 Å². The number of aromatic nitrogens is 3. The van der Waals surface area contributed by atoms with E-state index in [0.29, 0.717) is 23.8 Å². The van der Waals surface area contributed by atoms with Crippen molar-refractivity contribution in [3.63, 3.8) is 0 Å². The Bertz CT molecular complexity index is 1290. The van der Waals surface area contributed by atoms with Gasteiger partial charge in [0, 0.05) is 18.8 Å². The fourth-order valence-corrected chi connectivity index (χ4v) is 3.23. The van der Waals surface area contributed by atoms with Gasteiger partial charge in [0.25, 0.3) is 0 Å². The van der Waals surface area contributed by atoms with Crippen molar-refractivity contribution in [3.05, 3.63) is 83.2 Å². The molecule has 214 valence electrons. The Morgan fingerprint density at radius 1 is 0.950 bits per heavy atom. The van der Waals surface area contributed by atoms with Gasteiger partial charge in [-0.1, -0.05) is 30.8 Å². The van der Waals surface area contributed by atoms with Crippen molar-refractivity contribution < 1.29 is 32.2 Å². The highest BCUT2D eigenvalue weighted by Gasteiger charge is 2.29. The van der Waals surface area contributed by atoms with E-state index in [1.54, 1.807) is 57.2 Å². The van der Waals surface area contributed by atoms with Gasteiger partial charge in [0.15, 0.2) is 6.61 Å². The van der Waals surface area contributed by atoms with Crippen LogP contribution in [-0.4, -0.2) is 51.8 Å². The molecule has 0 unspecified atom stereocenters. The Kier molecular flexibility index (Phi) is 10.3. The number of nitrogens with zero attached hydrogens (tertiary/aromatic N) is 3. The van der Waals surface area contributed by atoms with E-state index in [-0.39, 0.29) is 24.7 Å². The summed E-state index contributed by atoms with van der Waals surface area (Å²) in [5.41, 5.74) is 2.05. The largest absolute Gasteiger partial charge is 0.489 e. The minimum Gasteiger partial charge on any atom is -0.489 e. The van der Waals surface area contributed by atoms with Crippen molar-refractivity contribution in [2.45, 2.75) is 45.5 Å². The lowest BCUT2D eigenvalue weighted by atomic mass is 10.1. The number of halogens is 4. The van der Waals surface area contributed by atoms with E-state index in [1.165, 1.54) is 0 Å². The summed E-state index contributed by atoms with van der Waals surface area (Å²) < 4.78 is 54.0. The minimum atomic E-state index is -4.56. The lowest BCUT2D eigenvalue weighted by Crippen LogP contribution is -2.23. The van der Waals surface area contributed by atoms with Crippen LogP contribution in [0.25, 0.3) is 0 Å². The summed E-state index contributed by atoms with van der Waals surface area (Å²) >= 11 is 5.70. The van der Waals surface area contributed by atoms with Gasteiger partial charge in [-0.3, -0.25) is 0 Å². The molecular weight excluding hydrogens is 549 g/mol. The molecule has 0 aliphatic rings. The molecule has 0 aliphatic carbocycles. The zero-order valence-corrected chi connectivity index (χ0v) is 23.1. The molecule has 1 aromatic heterocycles. The summed E-state index contributed by atoms with van der Waals surface area (Å²) in [6.45, 7) is 8.14. The van der Waals surface area contributed by atoms with Crippen LogP contribution in [0.1, 0.15) is 48.1 Å². The monoisotopic (exact) mass is 578 g/mol. The zero-order valence-electron chi connectivity index (χ0n) is 22.3. The van der Waals surface area contributed by atoms with Crippen LogP contribution in [0.2, 0.25) is 0 Å². The molecule has 0 bridgehead atoms. The van der Waals surface area contributed by atoms with Gasteiger partial charge in [0.05, 0.1) is 5.56 Å². The third-order valence-electron chi connectivity index (χ3n) is 4.98. The number of carbonyl (C=O) groups excluding carboxylic acids is 1. The van der Waals surface area contributed by atoms with E-state index in [4.69, 9.17) is 25.8 Å². The highest BCUT2D eigenvalue weighted by Crippen LogP contribution is 2.20. The quantitative estimate of drug-likeness (QED) is 0.155. The number of ether oxygens (including phenoxy) is 3. The van der Waals surface area contributed by atoms with Gasteiger partial charge in [0.1, 0.15) is 23.8 Å². The summed E-state index contributed by atoms with van der Waals surface area (Å²) in [7, 11) is 0. The Labute approximate surface area is 235 Å². The topological polar surface area (TPSA) is 95.5 Å². The second kappa shape index (κ2) is 13.5. The van der Waals surface area contributed by atoms with Gasteiger partial charge in [-0.05, 0) is 61.7 Å². The Hall–Kier alpha value is -3.86. The Balaban J connectivity index is 1.71. The van der Waals surface area contributed by atoms with Crippen LogP contribution < -0.4 is 14.8 Å². The van der Waals surface area contributed by atoms with Crippen molar-refractivity contribution in [2.24, 2.45) is 0 Å². The molecule has 0 radical (unpaired) electrons. The first-order valence-electron chi connectivity index (χ1n) is 12.2. The number of alkyl halides is 4. The van der Waals surface area contributed by atoms with Gasteiger partial charge < -0.3 is 19.5 Å². The van der Waals surface area contributed by atoms with E-state index in [2.05, 4.69) is 26.8 Å². The molecule has 0 amide bonds. The lowest BCUT2D eigenvalue weighted by molar-refractivity contribution is -0.154. The first kappa shape index (κ1) is 30.7. The average molecular weight is 579 g/mol. The van der Waals surface area contributed by atoms with Crippen LogP contribution >= 0.6 is 11.6 Å². The first-order chi connectivity index (χ1) is 18.8. The van der Waals surface area contributed by atoms with Crippen molar-refractivity contribution in [2.75, 3.05) is 24.4 Å². The second-order valence-electron chi connectivity index (χ2n) is 9.81. The molecule has 0 saturated carbocycles. The van der Waals surface area contributed by atoms with E-state index in [0.717, 1.165) is 16.7 Å². The van der Waals surface area contributed by atoms with Crippen LogP contribution in [0.5, 0.6) is 11.8 Å². The van der Waals surface area contributed by atoms with Gasteiger partial charge >= 0.3 is 18.2 Å². The molecule has 8 nitrogen and oxygen atoms in total. The molecule has 0 aliphatic heterocycles. The number of rotatable bonds is 12. The SMILES string of the molecule is C=C(CCl)COc1ccc(CNc2nc(Cc3ccc(C(=O)OC(C)(C)C)cc3)nc(OCC(F)(F)F)n2)cc1. The third-order valence-corrected chi connectivity index (χ3v) is 5.36. The second-order valence-corrected chi connectivity index (χ2v) is 10.1. The normalized spacial score (nSPS) is 11.6. The lowest BCUT2D eigenvalue weighted by Gasteiger charge is -2.19. The molecule has 1 N–H and O–H groups in total. The van der Waals surface area contributed by atoms with Gasteiger partial charge in [-0.25, -0.2) is 4.79 Å². The number of anilines is 1. The predicted octanol–water partition coefficient (Wildman–Crippen LogP) is 6.14. The molecule has 0 fully saturated rings. The number of carbonyl (C=O) groups is 1. The number of hydrogen-bond donors (Lipinski definition) is 1. The van der Waals surface area contributed by atoms with Crippen LogP contribution in [0.4, 0.5) is 19.1 Å². The van der Waals surface area contributed by atoms with Crippen LogP contribution in [0, 0.1) is 0 Å². The molecule has 0 saturated heterocycles. The number of hydrogen-bond acceptors (Lipinski definition) is 8. The molecule has 1 heterocycles. The minimum absolute atomic E-state index is 0.0475. The summed E-state index contributed by atoms with van der Waals surface area (Å²) in [5, 5.41) is 2.99. The van der Waals surface area contributed by atoms with Crippen molar-refractivity contribution in [1.29, 1.82) is 0 Å². The number of benzene rings is 2. The highest BCUT2D eigenvalue weighted by atomic mass is 35.5. The first-order valence-corrected chi connectivity index (χ1v) is 12.8. The third kappa shape index (κ3) is 10.7. The number of nitrogens with one attached hydrogen (secondary N) is 1. The van der Waals surface area contributed by atoms with E-state index in [9.17, 15) is 18.0 Å².